The second-order valence-corrected chi connectivity index (χ2v) is 4.13. The zero-order valence-electron chi connectivity index (χ0n) is 10.7. The Morgan fingerprint density at radius 1 is 1.35 bits per heavy atom. The van der Waals surface area contributed by atoms with Crippen molar-refractivity contribution in [2.75, 3.05) is 18.5 Å². The minimum absolute atomic E-state index is 0.484. The van der Waals surface area contributed by atoms with Crippen LogP contribution in [0.5, 0.6) is 5.75 Å². The molecule has 0 saturated carbocycles. The summed E-state index contributed by atoms with van der Waals surface area (Å²) in [5.41, 5.74) is 6.95. The van der Waals surface area contributed by atoms with E-state index in [0.29, 0.717) is 24.6 Å². The topological polar surface area (TPSA) is 90.4 Å². The van der Waals surface area contributed by atoms with Crippen molar-refractivity contribution in [2.45, 2.75) is 0 Å². The number of aromatic nitrogens is 4. The molecule has 0 spiro atoms. The Balaban J connectivity index is 1.85. The van der Waals surface area contributed by atoms with Crippen LogP contribution in [-0.2, 0) is 0 Å². The fraction of sp³-hybridized carbons (Fsp3) is 0.154. The summed E-state index contributed by atoms with van der Waals surface area (Å²) in [6.07, 6.45) is 5.11. The van der Waals surface area contributed by atoms with Crippen LogP contribution in [0.4, 0.5) is 11.5 Å². The van der Waals surface area contributed by atoms with Gasteiger partial charge in [0.05, 0.1) is 0 Å². The third-order valence-corrected chi connectivity index (χ3v) is 2.70. The van der Waals surface area contributed by atoms with E-state index in [0.717, 1.165) is 11.4 Å². The van der Waals surface area contributed by atoms with E-state index in [9.17, 15) is 0 Å². The van der Waals surface area contributed by atoms with Gasteiger partial charge >= 0.3 is 0 Å². The van der Waals surface area contributed by atoms with Crippen LogP contribution in [0.15, 0.2) is 43.0 Å². The number of fused-ring (bicyclic) bond motifs is 1. The Hall–Kier alpha value is -2.67. The van der Waals surface area contributed by atoms with Crippen molar-refractivity contribution in [2.24, 2.45) is 5.73 Å². The molecule has 0 unspecified atom stereocenters. The van der Waals surface area contributed by atoms with Crippen molar-refractivity contribution < 1.29 is 4.74 Å². The standard InChI is InChI=1S/C13H14N6O/c14-4-7-20-11-3-1-2-10(8-11)17-12-13-18-16-9-19(13)6-5-15-12/h1-3,5-6,8-9H,4,7,14H2,(H,15,17). The fourth-order valence-corrected chi connectivity index (χ4v) is 1.82. The summed E-state index contributed by atoms with van der Waals surface area (Å²) < 4.78 is 7.28. The molecule has 7 nitrogen and oxygen atoms in total. The number of rotatable bonds is 5. The molecule has 3 N–H and O–H groups in total. The number of nitrogens with zero attached hydrogens (tertiary/aromatic N) is 4. The summed E-state index contributed by atoms with van der Waals surface area (Å²) in [7, 11) is 0. The van der Waals surface area contributed by atoms with E-state index in [1.165, 1.54) is 0 Å². The molecule has 3 aromatic rings. The molecule has 0 atom stereocenters. The van der Waals surface area contributed by atoms with Crippen molar-refractivity contribution >= 4 is 17.2 Å². The van der Waals surface area contributed by atoms with Gasteiger partial charge in [0.15, 0.2) is 5.82 Å². The number of benzene rings is 1. The molecule has 2 aromatic heterocycles. The number of hydrogen-bond donors (Lipinski definition) is 2. The molecular weight excluding hydrogens is 256 g/mol. The molecule has 0 bridgehead atoms. The highest BCUT2D eigenvalue weighted by atomic mass is 16.5. The average molecular weight is 270 g/mol. The lowest BCUT2D eigenvalue weighted by Gasteiger charge is -2.09. The molecule has 0 fully saturated rings. The molecule has 0 amide bonds. The normalized spacial score (nSPS) is 10.7. The van der Waals surface area contributed by atoms with Crippen LogP contribution >= 0.6 is 0 Å². The highest BCUT2D eigenvalue weighted by molar-refractivity contribution is 5.69. The second-order valence-electron chi connectivity index (χ2n) is 4.13. The molecule has 0 radical (unpaired) electrons. The van der Waals surface area contributed by atoms with Crippen molar-refractivity contribution in [3.05, 3.63) is 43.0 Å². The molecule has 7 heteroatoms. The SMILES string of the molecule is NCCOc1cccc(Nc2nccn3cnnc23)c1. The molecule has 2 heterocycles. The van der Waals surface area contributed by atoms with E-state index in [1.54, 1.807) is 23.1 Å². The molecule has 0 saturated heterocycles. The van der Waals surface area contributed by atoms with Crippen LogP contribution < -0.4 is 15.8 Å². The lowest BCUT2D eigenvalue weighted by molar-refractivity contribution is 0.328. The second kappa shape index (κ2) is 5.54. The molecule has 0 aliphatic carbocycles. The van der Waals surface area contributed by atoms with Crippen molar-refractivity contribution in [1.29, 1.82) is 0 Å². The quantitative estimate of drug-likeness (QED) is 0.724. The molecule has 0 aliphatic rings. The molecule has 0 aliphatic heterocycles. The predicted molar refractivity (Wildman–Crippen MR) is 75.1 cm³/mol. The van der Waals surface area contributed by atoms with Crippen molar-refractivity contribution in [3.63, 3.8) is 0 Å². The lowest BCUT2D eigenvalue weighted by atomic mass is 10.3. The third kappa shape index (κ3) is 2.52. The summed E-state index contributed by atoms with van der Waals surface area (Å²) in [5, 5.41) is 11.1. The summed E-state index contributed by atoms with van der Waals surface area (Å²) in [6, 6.07) is 7.60. The number of hydrogen-bond acceptors (Lipinski definition) is 6. The lowest BCUT2D eigenvalue weighted by Crippen LogP contribution is -2.10. The van der Waals surface area contributed by atoms with E-state index in [4.69, 9.17) is 10.5 Å². The van der Waals surface area contributed by atoms with Gasteiger partial charge in [-0.2, -0.15) is 0 Å². The van der Waals surface area contributed by atoms with E-state index >= 15 is 0 Å². The molecule has 1 aromatic carbocycles. The van der Waals surface area contributed by atoms with Gasteiger partial charge in [-0.15, -0.1) is 10.2 Å². The molecular formula is C13H14N6O. The summed E-state index contributed by atoms with van der Waals surface area (Å²) in [5.74, 6) is 1.40. The highest BCUT2D eigenvalue weighted by Crippen LogP contribution is 2.22. The van der Waals surface area contributed by atoms with Crippen LogP contribution in [0.2, 0.25) is 0 Å². The number of anilines is 2. The zero-order chi connectivity index (χ0) is 13.8. The van der Waals surface area contributed by atoms with E-state index < -0.39 is 0 Å². The minimum Gasteiger partial charge on any atom is -0.492 e. The minimum atomic E-state index is 0.484. The largest absolute Gasteiger partial charge is 0.492 e. The number of nitrogens with two attached hydrogens (primary N) is 1. The van der Waals surface area contributed by atoms with E-state index in [2.05, 4.69) is 20.5 Å². The van der Waals surface area contributed by atoms with Gasteiger partial charge in [0.1, 0.15) is 18.7 Å². The van der Waals surface area contributed by atoms with Crippen molar-refractivity contribution in [3.8, 4) is 5.75 Å². The summed E-state index contributed by atoms with van der Waals surface area (Å²) in [6.45, 7) is 0.972. The first-order chi connectivity index (χ1) is 9.86. The maximum atomic E-state index is 5.49. The van der Waals surface area contributed by atoms with Crippen LogP contribution in [0.1, 0.15) is 0 Å². The van der Waals surface area contributed by atoms with Gasteiger partial charge in [-0.05, 0) is 12.1 Å². The Labute approximate surface area is 115 Å². The maximum absolute atomic E-state index is 5.49. The van der Waals surface area contributed by atoms with Crippen LogP contribution in [0.25, 0.3) is 5.65 Å². The van der Waals surface area contributed by atoms with Gasteiger partial charge in [0, 0.05) is 30.7 Å². The van der Waals surface area contributed by atoms with Gasteiger partial charge in [0.2, 0.25) is 5.65 Å². The maximum Gasteiger partial charge on any atom is 0.203 e. The Morgan fingerprint density at radius 3 is 3.20 bits per heavy atom. The fourth-order valence-electron chi connectivity index (χ4n) is 1.82. The van der Waals surface area contributed by atoms with E-state index in [-0.39, 0.29) is 0 Å². The van der Waals surface area contributed by atoms with Gasteiger partial charge in [-0.3, -0.25) is 4.40 Å². The van der Waals surface area contributed by atoms with E-state index in [1.807, 2.05) is 24.3 Å². The predicted octanol–water partition coefficient (Wildman–Crippen LogP) is 1.21. The number of nitrogens with one attached hydrogen (secondary N) is 1. The monoisotopic (exact) mass is 270 g/mol. The molecule has 20 heavy (non-hydrogen) atoms. The Kier molecular flexibility index (Phi) is 3.42. The average Bonchev–Trinajstić information content (AvgIpc) is 2.95. The first kappa shape index (κ1) is 12.4. The van der Waals surface area contributed by atoms with Gasteiger partial charge < -0.3 is 15.8 Å². The van der Waals surface area contributed by atoms with Crippen LogP contribution in [0, 0.1) is 0 Å². The van der Waals surface area contributed by atoms with Gasteiger partial charge in [0.25, 0.3) is 0 Å². The Bertz CT molecular complexity index is 711. The first-order valence-electron chi connectivity index (χ1n) is 6.21. The Morgan fingerprint density at radius 2 is 2.30 bits per heavy atom. The summed E-state index contributed by atoms with van der Waals surface area (Å²) in [4.78, 5) is 4.27. The molecule has 3 rings (SSSR count). The van der Waals surface area contributed by atoms with Gasteiger partial charge in [-0.25, -0.2) is 4.98 Å². The van der Waals surface area contributed by atoms with Crippen molar-refractivity contribution in [1.82, 2.24) is 19.6 Å². The number of ether oxygens (including phenoxy) is 1. The summed E-state index contributed by atoms with van der Waals surface area (Å²) >= 11 is 0. The highest BCUT2D eigenvalue weighted by Gasteiger charge is 2.05. The molecule has 102 valence electrons. The van der Waals surface area contributed by atoms with Gasteiger partial charge in [-0.1, -0.05) is 6.07 Å². The van der Waals surface area contributed by atoms with Crippen LogP contribution in [0.3, 0.4) is 0 Å². The first-order valence-corrected chi connectivity index (χ1v) is 6.21. The van der Waals surface area contributed by atoms with Crippen LogP contribution in [-0.4, -0.2) is 32.7 Å². The zero-order valence-corrected chi connectivity index (χ0v) is 10.7. The third-order valence-electron chi connectivity index (χ3n) is 2.70. The smallest absolute Gasteiger partial charge is 0.203 e.